The summed E-state index contributed by atoms with van der Waals surface area (Å²) >= 11 is 6.23. The number of aryl methyl sites for hydroxylation is 2. The maximum absolute atomic E-state index is 13.0. The van der Waals surface area contributed by atoms with Gasteiger partial charge in [0.15, 0.2) is 5.78 Å². The van der Waals surface area contributed by atoms with Gasteiger partial charge in [-0.05, 0) is 71.7 Å². The van der Waals surface area contributed by atoms with Gasteiger partial charge in [0.05, 0.1) is 24.0 Å². The standard InChI is InChI=1S/C28H31ClN4O2/c1-16-18(3)33(15-22-14-30-12-13-31-22)27-23(16)25(20-8-10-21(29)11-9-20)24(17(2)32-27)26(19(4)34)35-28(5,6)7/h8-14,26H,15H2,1-7H3/t26-/m1/s1. The lowest BCUT2D eigenvalue weighted by Crippen LogP contribution is -2.27. The van der Waals surface area contributed by atoms with Crippen LogP contribution in [0.5, 0.6) is 0 Å². The molecule has 0 N–H and O–H groups in total. The number of carbonyl (C=O) groups excluding carboxylic acids is 1. The van der Waals surface area contributed by atoms with E-state index in [2.05, 4.69) is 28.4 Å². The predicted octanol–water partition coefficient (Wildman–Crippen LogP) is 6.57. The lowest BCUT2D eigenvalue weighted by atomic mass is 9.90. The summed E-state index contributed by atoms with van der Waals surface area (Å²) < 4.78 is 8.50. The molecule has 1 aromatic carbocycles. The summed E-state index contributed by atoms with van der Waals surface area (Å²) in [6, 6.07) is 7.72. The Morgan fingerprint density at radius 3 is 2.37 bits per heavy atom. The number of ether oxygens (including phenoxy) is 1. The van der Waals surface area contributed by atoms with Crippen molar-refractivity contribution in [3.05, 3.63) is 76.1 Å². The highest BCUT2D eigenvalue weighted by Gasteiger charge is 2.32. The maximum Gasteiger partial charge on any atom is 0.163 e. The molecule has 3 aromatic heterocycles. The number of carbonyl (C=O) groups is 1. The fourth-order valence-corrected chi connectivity index (χ4v) is 4.62. The number of aromatic nitrogens is 4. The van der Waals surface area contributed by atoms with E-state index in [9.17, 15) is 4.79 Å². The van der Waals surface area contributed by atoms with Crippen LogP contribution in [0.2, 0.25) is 5.02 Å². The Morgan fingerprint density at radius 2 is 1.80 bits per heavy atom. The monoisotopic (exact) mass is 490 g/mol. The quantitative estimate of drug-likeness (QED) is 0.306. The summed E-state index contributed by atoms with van der Waals surface area (Å²) in [4.78, 5) is 26.7. The molecule has 0 saturated carbocycles. The Labute approximate surface area is 211 Å². The third-order valence-corrected chi connectivity index (χ3v) is 6.41. The molecule has 6 nitrogen and oxygen atoms in total. The Bertz CT molecular complexity index is 1390. The lowest BCUT2D eigenvalue weighted by molar-refractivity contribution is -0.138. The Morgan fingerprint density at radius 1 is 1.11 bits per heavy atom. The van der Waals surface area contributed by atoms with E-state index in [0.717, 1.165) is 50.4 Å². The van der Waals surface area contributed by atoms with Crippen molar-refractivity contribution in [2.24, 2.45) is 0 Å². The van der Waals surface area contributed by atoms with Crippen LogP contribution < -0.4 is 0 Å². The van der Waals surface area contributed by atoms with Gasteiger partial charge in [0.1, 0.15) is 11.8 Å². The molecule has 0 amide bonds. The normalized spacial score (nSPS) is 12.8. The number of benzene rings is 1. The lowest BCUT2D eigenvalue weighted by Gasteiger charge is -2.29. The fourth-order valence-electron chi connectivity index (χ4n) is 4.50. The zero-order valence-corrected chi connectivity index (χ0v) is 22.1. The van der Waals surface area contributed by atoms with Crippen LogP contribution in [0, 0.1) is 20.8 Å². The molecule has 1 atom stereocenters. The molecule has 0 unspecified atom stereocenters. The van der Waals surface area contributed by atoms with Gasteiger partial charge >= 0.3 is 0 Å². The molecule has 0 bridgehead atoms. The minimum atomic E-state index is -0.749. The van der Waals surface area contributed by atoms with Crippen molar-refractivity contribution in [3.8, 4) is 11.1 Å². The highest BCUT2D eigenvalue weighted by molar-refractivity contribution is 6.30. The molecule has 35 heavy (non-hydrogen) atoms. The SMILES string of the molecule is CC(=O)[C@@H](OC(C)(C)C)c1c(C)nc2c(c(C)c(C)n2Cc2cnccn2)c1-c1ccc(Cl)cc1. The molecule has 0 spiro atoms. The molecule has 4 rings (SSSR count). The van der Waals surface area contributed by atoms with Crippen molar-refractivity contribution in [3.63, 3.8) is 0 Å². The van der Waals surface area contributed by atoms with E-state index in [1.54, 1.807) is 25.5 Å². The van der Waals surface area contributed by atoms with Crippen LogP contribution in [-0.4, -0.2) is 30.9 Å². The second-order valence-electron chi connectivity index (χ2n) is 9.91. The molecule has 4 aromatic rings. The number of Topliss-reactive ketones (excluding diaryl/α,β-unsaturated/α-hetero) is 1. The molecule has 0 aliphatic heterocycles. The summed E-state index contributed by atoms with van der Waals surface area (Å²) in [7, 11) is 0. The number of fused-ring (bicyclic) bond motifs is 1. The van der Waals surface area contributed by atoms with Crippen molar-refractivity contribution in [1.82, 2.24) is 19.5 Å². The summed E-state index contributed by atoms with van der Waals surface area (Å²) in [5.74, 6) is -0.0623. The van der Waals surface area contributed by atoms with Crippen LogP contribution in [0.25, 0.3) is 22.2 Å². The first kappa shape index (κ1) is 25.0. The molecule has 3 heterocycles. The van der Waals surface area contributed by atoms with Crippen LogP contribution in [0.4, 0.5) is 0 Å². The summed E-state index contributed by atoms with van der Waals surface area (Å²) in [6.07, 6.45) is 4.38. The molecular weight excluding hydrogens is 460 g/mol. The number of rotatable bonds is 6. The molecule has 7 heteroatoms. The molecule has 0 fully saturated rings. The number of pyridine rings is 1. The van der Waals surface area contributed by atoms with E-state index in [4.69, 9.17) is 21.3 Å². The summed E-state index contributed by atoms with van der Waals surface area (Å²) in [5.41, 5.74) is 6.82. The van der Waals surface area contributed by atoms with Crippen LogP contribution >= 0.6 is 11.6 Å². The van der Waals surface area contributed by atoms with Crippen LogP contribution in [0.3, 0.4) is 0 Å². The van der Waals surface area contributed by atoms with Gasteiger partial charge < -0.3 is 9.30 Å². The van der Waals surface area contributed by atoms with Crippen LogP contribution in [0.1, 0.15) is 62.0 Å². The van der Waals surface area contributed by atoms with E-state index >= 15 is 0 Å². The third kappa shape index (κ3) is 5.00. The van der Waals surface area contributed by atoms with Crippen molar-refractivity contribution in [2.75, 3.05) is 0 Å². The maximum atomic E-state index is 13.0. The first-order valence-electron chi connectivity index (χ1n) is 11.7. The van der Waals surface area contributed by atoms with Gasteiger partial charge in [0.2, 0.25) is 0 Å². The van der Waals surface area contributed by atoms with E-state index in [1.807, 2.05) is 52.0 Å². The Hall–Kier alpha value is -3.09. The molecule has 0 aliphatic carbocycles. The minimum absolute atomic E-state index is 0.0623. The van der Waals surface area contributed by atoms with E-state index in [-0.39, 0.29) is 5.78 Å². The number of halogens is 1. The number of hydrogen-bond donors (Lipinski definition) is 0. The van der Waals surface area contributed by atoms with E-state index in [0.29, 0.717) is 11.6 Å². The number of ketones is 1. The van der Waals surface area contributed by atoms with Gasteiger partial charge in [0.25, 0.3) is 0 Å². The topological polar surface area (TPSA) is 69.9 Å². The molecule has 0 radical (unpaired) electrons. The van der Waals surface area contributed by atoms with Crippen molar-refractivity contribution in [2.45, 2.75) is 66.7 Å². The number of hydrogen-bond acceptors (Lipinski definition) is 5. The smallest absolute Gasteiger partial charge is 0.163 e. The largest absolute Gasteiger partial charge is 0.360 e. The highest BCUT2D eigenvalue weighted by Crippen LogP contribution is 2.42. The average molecular weight is 491 g/mol. The zero-order valence-electron chi connectivity index (χ0n) is 21.3. The van der Waals surface area contributed by atoms with Gasteiger partial charge in [-0.3, -0.25) is 14.8 Å². The van der Waals surface area contributed by atoms with Crippen molar-refractivity contribution in [1.29, 1.82) is 0 Å². The van der Waals surface area contributed by atoms with Gasteiger partial charge in [-0.15, -0.1) is 0 Å². The van der Waals surface area contributed by atoms with Gasteiger partial charge in [-0.25, -0.2) is 4.98 Å². The zero-order chi connectivity index (χ0) is 25.5. The minimum Gasteiger partial charge on any atom is -0.360 e. The average Bonchev–Trinajstić information content (AvgIpc) is 3.02. The van der Waals surface area contributed by atoms with Crippen molar-refractivity contribution >= 4 is 28.4 Å². The number of nitrogens with zero attached hydrogens (tertiary/aromatic N) is 4. The van der Waals surface area contributed by atoms with Crippen LogP contribution in [-0.2, 0) is 16.1 Å². The second-order valence-corrected chi connectivity index (χ2v) is 10.3. The van der Waals surface area contributed by atoms with Crippen LogP contribution in [0.15, 0.2) is 42.9 Å². The van der Waals surface area contributed by atoms with Gasteiger partial charge in [-0.1, -0.05) is 23.7 Å². The molecule has 0 aliphatic rings. The molecule has 182 valence electrons. The van der Waals surface area contributed by atoms with Gasteiger partial charge in [-0.2, -0.15) is 0 Å². The Balaban J connectivity index is 2.08. The van der Waals surface area contributed by atoms with E-state index in [1.165, 1.54) is 0 Å². The fraction of sp³-hybridized carbons (Fsp3) is 0.357. The predicted molar refractivity (Wildman–Crippen MR) is 140 cm³/mol. The first-order chi connectivity index (χ1) is 16.5. The molecule has 0 saturated heterocycles. The Kier molecular flexibility index (Phi) is 6.80. The third-order valence-electron chi connectivity index (χ3n) is 6.16. The van der Waals surface area contributed by atoms with Crippen molar-refractivity contribution < 1.29 is 9.53 Å². The van der Waals surface area contributed by atoms with E-state index < -0.39 is 11.7 Å². The highest BCUT2D eigenvalue weighted by atomic mass is 35.5. The first-order valence-corrected chi connectivity index (χ1v) is 12.0. The van der Waals surface area contributed by atoms with Gasteiger partial charge in [0, 0.05) is 45.3 Å². The summed E-state index contributed by atoms with van der Waals surface area (Å²) in [5, 5.41) is 1.65. The second kappa shape index (κ2) is 9.51. The summed E-state index contributed by atoms with van der Waals surface area (Å²) in [6.45, 7) is 14.1. The molecular formula is C28H31ClN4O2.